The summed E-state index contributed by atoms with van der Waals surface area (Å²) in [6.07, 6.45) is 0. The molecule has 0 N–H and O–H groups in total. The highest BCUT2D eigenvalue weighted by atomic mass is 79.9. The SMILES string of the molecule is Cc1nc(N(C)C(C)(C)CBr)sc1C. The van der Waals surface area contributed by atoms with Crippen LogP contribution in [0.4, 0.5) is 5.13 Å². The maximum absolute atomic E-state index is 4.55. The van der Waals surface area contributed by atoms with Gasteiger partial charge in [-0.15, -0.1) is 11.3 Å². The first-order valence-electron chi connectivity index (χ1n) is 4.62. The zero-order valence-corrected chi connectivity index (χ0v) is 11.8. The Bertz CT molecular complexity index is 300. The summed E-state index contributed by atoms with van der Waals surface area (Å²) < 4.78 is 0. The van der Waals surface area contributed by atoms with E-state index in [4.69, 9.17) is 0 Å². The second kappa shape index (κ2) is 4.19. The summed E-state index contributed by atoms with van der Waals surface area (Å²) >= 11 is 5.29. The Balaban J connectivity index is 2.94. The maximum atomic E-state index is 4.55. The van der Waals surface area contributed by atoms with Crippen LogP contribution in [-0.2, 0) is 0 Å². The van der Waals surface area contributed by atoms with E-state index in [-0.39, 0.29) is 5.54 Å². The van der Waals surface area contributed by atoms with Gasteiger partial charge in [0.2, 0.25) is 0 Å². The molecule has 0 saturated heterocycles. The van der Waals surface area contributed by atoms with Crippen molar-refractivity contribution in [2.24, 2.45) is 0 Å². The van der Waals surface area contributed by atoms with Crippen LogP contribution in [0.25, 0.3) is 0 Å². The molecule has 0 atom stereocenters. The van der Waals surface area contributed by atoms with Gasteiger partial charge in [0.25, 0.3) is 0 Å². The molecular formula is C10H17BrN2S. The average Bonchev–Trinajstić information content (AvgIpc) is 2.45. The van der Waals surface area contributed by atoms with Crippen molar-refractivity contribution in [2.75, 3.05) is 17.3 Å². The number of thiazole rings is 1. The van der Waals surface area contributed by atoms with Crippen molar-refractivity contribution < 1.29 is 0 Å². The highest BCUT2D eigenvalue weighted by Gasteiger charge is 2.24. The van der Waals surface area contributed by atoms with Crippen molar-refractivity contribution in [3.05, 3.63) is 10.6 Å². The summed E-state index contributed by atoms with van der Waals surface area (Å²) in [4.78, 5) is 8.08. The van der Waals surface area contributed by atoms with Crippen LogP contribution in [0, 0.1) is 13.8 Å². The van der Waals surface area contributed by atoms with E-state index in [2.05, 4.69) is 60.6 Å². The van der Waals surface area contributed by atoms with Crippen LogP contribution in [-0.4, -0.2) is 22.9 Å². The minimum atomic E-state index is 0.108. The van der Waals surface area contributed by atoms with Gasteiger partial charge in [-0.05, 0) is 27.7 Å². The van der Waals surface area contributed by atoms with Crippen molar-refractivity contribution in [2.45, 2.75) is 33.2 Å². The van der Waals surface area contributed by atoms with E-state index >= 15 is 0 Å². The lowest BCUT2D eigenvalue weighted by molar-refractivity contribution is 0.551. The van der Waals surface area contributed by atoms with Crippen LogP contribution >= 0.6 is 27.3 Å². The van der Waals surface area contributed by atoms with E-state index in [1.54, 1.807) is 11.3 Å². The van der Waals surface area contributed by atoms with Gasteiger partial charge in [-0.1, -0.05) is 15.9 Å². The highest BCUT2D eigenvalue weighted by Crippen LogP contribution is 2.29. The number of aryl methyl sites for hydroxylation is 2. The van der Waals surface area contributed by atoms with Gasteiger partial charge in [0.1, 0.15) is 0 Å². The molecular weight excluding hydrogens is 260 g/mol. The third-order valence-electron chi connectivity index (χ3n) is 2.54. The first-order valence-corrected chi connectivity index (χ1v) is 6.56. The summed E-state index contributed by atoms with van der Waals surface area (Å²) in [5.74, 6) is 0. The molecule has 80 valence electrons. The molecule has 0 aliphatic heterocycles. The lowest BCUT2D eigenvalue weighted by Gasteiger charge is -2.33. The second-order valence-corrected chi connectivity index (χ2v) is 5.89. The van der Waals surface area contributed by atoms with Gasteiger partial charge in [-0.3, -0.25) is 0 Å². The molecule has 0 unspecified atom stereocenters. The summed E-state index contributed by atoms with van der Waals surface area (Å²) in [7, 11) is 2.10. The molecule has 0 radical (unpaired) electrons. The van der Waals surface area contributed by atoms with Gasteiger partial charge >= 0.3 is 0 Å². The zero-order chi connectivity index (χ0) is 10.9. The number of nitrogens with zero attached hydrogens (tertiary/aromatic N) is 2. The minimum Gasteiger partial charge on any atom is -0.345 e. The van der Waals surface area contributed by atoms with E-state index in [0.717, 1.165) is 16.2 Å². The molecule has 2 nitrogen and oxygen atoms in total. The topological polar surface area (TPSA) is 16.1 Å². The molecule has 1 aromatic rings. The van der Waals surface area contributed by atoms with Crippen molar-refractivity contribution in [1.29, 1.82) is 0 Å². The fraction of sp³-hybridized carbons (Fsp3) is 0.700. The van der Waals surface area contributed by atoms with Crippen molar-refractivity contribution in [1.82, 2.24) is 4.98 Å². The second-order valence-electron chi connectivity index (χ2n) is 4.14. The fourth-order valence-corrected chi connectivity index (χ4v) is 2.36. The van der Waals surface area contributed by atoms with E-state index in [1.165, 1.54) is 4.88 Å². The largest absolute Gasteiger partial charge is 0.345 e. The smallest absolute Gasteiger partial charge is 0.185 e. The van der Waals surface area contributed by atoms with Crippen molar-refractivity contribution >= 4 is 32.4 Å². The molecule has 4 heteroatoms. The fourth-order valence-electron chi connectivity index (χ4n) is 0.948. The molecule has 0 aliphatic carbocycles. The lowest BCUT2D eigenvalue weighted by atomic mass is 10.1. The zero-order valence-electron chi connectivity index (χ0n) is 9.39. The van der Waals surface area contributed by atoms with Gasteiger partial charge in [0.15, 0.2) is 5.13 Å². The number of halogens is 1. The monoisotopic (exact) mass is 276 g/mol. The van der Waals surface area contributed by atoms with Crippen LogP contribution in [0.3, 0.4) is 0 Å². The number of anilines is 1. The molecule has 1 aromatic heterocycles. The average molecular weight is 277 g/mol. The number of aromatic nitrogens is 1. The number of hydrogen-bond acceptors (Lipinski definition) is 3. The standard InChI is InChI=1S/C10H17BrN2S/c1-7-8(2)14-9(12-7)13(5)10(3,4)6-11/h6H2,1-5H3. The number of hydrogen-bond donors (Lipinski definition) is 0. The molecule has 0 aromatic carbocycles. The predicted molar refractivity (Wildman–Crippen MR) is 67.9 cm³/mol. The van der Waals surface area contributed by atoms with Gasteiger partial charge in [0.05, 0.1) is 5.69 Å². The molecule has 0 spiro atoms. The van der Waals surface area contributed by atoms with Crippen molar-refractivity contribution in [3.63, 3.8) is 0 Å². The Kier molecular flexibility index (Phi) is 3.58. The summed E-state index contributed by atoms with van der Waals surface area (Å²) in [6, 6.07) is 0. The molecule has 0 aliphatic rings. The molecule has 1 heterocycles. The van der Waals surface area contributed by atoms with Crippen LogP contribution < -0.4 is 4.90 Å². The molecule has 14 heavy (non-hydrogen) atoms. The normalized spacial score (nSPS) is 11.9. The van der Waals surface area contributed by atoms with Crippen LogP contribution in [0.1, 0.15) is 24.4 Å². The lowest BCUT2D eigenvalue weighted by Crippen LogP contribution is -2.42. The van der Waals surface area contributed by atoms with Gasteiger partial charge in [-0.25, -0.2) is 4.98 Å². The van der Waals surface area contributed by atoms with E-state index in [1.807, 2.05) is 0 Å². The third-order valence-corrected chi connectivity index (χ3v) is 5.06. The summed E-state index contributed by atoms with van der Waals surface area (Å²) in [5, 5.41) is 2.04. The Morgan fingerprint density at radius 2 is 2.00 bits per heavy atom. The first kappa shape index (κ1) is 12.0. The maximum Gasteiger partial charge on any atom is 0.185 e. The van der Waals surface area contributed by atoms with Crippen LogP contribution in [0.5, 0.6) is 0 Å². The first-order chi connectivity index (χ1) is 6.38. The van der Waals surface area contributed by atoms with Crippen LogP contribution in [0.15, 0.2) is 0 Å². The highest BCUT2D eigenvalue weighted by molar-refractivity contribution is 9.09. The Hall–Kier alpha value is -0.0900. The summed E-state index contributed by atoms with van der Waals surface area (Å²) in [6.45, 7) is 8.58. The number of alkyl halides is 1. The molecule has 0 amide bonds. The molecule has 0 saturated carbocycles. The molecule has 0 bridgehead atoms. The minimum absolute atomic E-state index is 0.108. The Morgan fingerprint density at radius 3 is 2.36 bits per heavy atom. The van der Waals surface area contributed by atoms with E-state index in [0.29, 0.717) is 0 Å². The predicted octanol–water partition coefficient (Wildman–Crippen LogP) is 3.37. The van der Waals surface area contributed by atoms with E-state index < -0.39 is 0 Å². The Labute approximate surface area is 98.5 Å². The molecule has 0 fully saturated rings. The van der Waals surface area contributed by atoms with Gasteiger partial charge in [0, 0.05) is 22.8 Å². The molecule has 1 rings (SSSR count). The summed E-state index contributed by atoms with van der Waals surface area (Å²) in [5.41, 5.74) is 1.25. The van der Waals surface area contributed by atoms with Crippen LogP contribution in [0.2, 0.25) is 0 Å². The van der Waals surface area contributed by atoms with E-state index in [9.17, 15) is 0 Å². The van der Waals surface area contributed by atoms with Crippen molar-refractivity contribution in [3.8, 4) is 0 Å². The Morgan fingerprint density at radius 1 is 1.43 bits per heavy atom. The number of rotatable bonds is 3. The third kappa shape index (κ3) is 2.28. The quantitative estimate of drug-likeness (QED) is 0.787. The van der Waals surface area contributed by atoms with Gasteiger partial charge in [-0.2, -0.15) is 0 Å². The van der Waals surface area contributed by atoms with Gasteiger partial charge < -0.3 is 4.90 Å².